The van der Waals surface area contributed by atoms with Gasteiger partial charge in [-0.2, -0.15) is 0 Å². The maximum Gasteiger partial charge on any atom is 0.277 e. The van der Waals surface area contributed by atoms with Crippen molar-refractivity contribution in [3.05, 3.63) is 81.9 Å². The van der Waals surface area contributed by atoms with Gasteiger partial charge < -0.3 is 11.1 Å². The predicted octanol–water partition coefficient (Wildman–Crippen LogP) is 2.72. The van der Waals surface area contributed by atoms with Crippen LogP contribution in [0.1, 0.15) is 20.7 Å². The van der Waals surface area contributed by atoms with Crippen molar-refractivity contribution in [3.8, 4) is 0 Å². The van der Waals surface area contributed by atoms with Crippen molar-refractivity contribution in [2.24, 2.45) is 0 Å². The van der Waals surface area contributed by atoms with E-state index in [4.69, 9.17) is 5.73 Å². The molecule has 3 aromatic rings. The zero-order valence-corrected chi connectivity index (χ0v) is 15.3. The number of hydrogen-bond acceptors (Lipinski definition) is 6. The molecule has 0 spiro atoms. The van der Waals surface area contributed by atoms with Crippen LogP contribution in [0.25, 0.3) is 0 Å². The topological polar surface area (TPSA) is 118 Å². The summed E-state index contributed by atoms with van der Waals surface area (Å²) in [5.74, 6) is -1.36. The number of thioether (sulfide) groups is 1. The Hall–Kier alpha value is -3.46. The Balaban J connectivity index is 1.70. The molecular formula is C19H15FN4O3S. The normalized spacial score (nSPS) is 10.5. The highest BCUT2D eigenvalue weighted by atomic mass is 32.2. The first-order valence-electron chi connectivity index (χ1n) is 8.12. The van der Waals surface area contributed by atoms with Crippen molar-refractivity contribution in [1.82, 2.24) is 9.97 Å². The third-order valence-corrected chi connectivity index (χ3v) is 4.58. The summed E-state index contributed by atoms with van der Waals surface area (Å²) < 4.78 is 12.9. The highest BCUT2D eigenvalue weighted by molar-refractivity contribution is 7.99. The van der Waals surface area contributed by atoms with Crippen LogP contribution in [0.4, 0.5) is 15.9 Å². The Morgan fingerprint density at radius 3 is 2.39 bits per heavy atom. The lowest BCUT2D eigenvalue weighted by atomic mass is 10.2. The number of nitrogens with zero attached hydrogens (tertiary/aromatic N) is 1. The molecule has 9 heteroatoms. The summed E-state index contributed by atoms with van der Waals surface area (Å²) in [6, 6.07) is 13.5. The Morgan fingerprint density at radius 1 is 1.07 bits per heavy atom. The van der Waals surface area contributed by atoms with Crippen LogP contribution in [-0.4, -0.2) is 27.4 Å². The first-order chi connectivity index (χ1) is 13.4. The van der Waals surface area contributed by atoms with Gasteiger partial charge in [0.1, 0.15) is 11.5 Å². The second kappa shape index (κ2) is 8.49. The van der Waals surface area contributed by atoms with Crippen LogP contribution in [0.3, 0.4) is 0 Å². The highest BCUT2D eigenvalue weighted by Crippen LogP contribution is 2.18. The molecule has 0 aliphatic heterocycles. The van der Waals surface area contributed by atoms with Gasteiger partial charge in [0.15, 0.2) is 16.8 Å². The molecular weight excluding hydrogens is 383 g/mol. The predicted molar refractivity (Wildman–Crippen MR) is 105 cm³/mol. The molecule has 0 unspecified atom stereocenters. The molecule has 0 radical (unpaired) electrons. The molecule has 0 saturated carbocycles. The van der Waals surface area contributed by atoms with E-state index >= 15 is 0 Å². The molecule has 2 aromatic carbocycles. The lowest BCUT2D eigenvalue weighted by Crippen LogP contribution is -2.23. The van der Waals surface area contributed by atoms with Gasteiger partial charge >= 0.3 is 0 Å². The van der Waals surface area contributed by atoms with E-state index in [-0.39, 0.29) is 33.8 Å². The number of hydrogen-bond donors (Lipinski definition) is 3. The summed E-state index contributed by atoms with van der Waals surface area (Å²) in [5, 5.41) is 2.52. The summed E-state index contributed by atoms with van der Waals surface area (Å²) in [6.45, 7) is 0. The molecule has 3 rings (SSSR count). The van der Waals surface area contributed by atoms with E-state index < -0.39 is 17.3 Å². The number of rotatable bonds is 6. The smallest absolute Gasteiger partial charge is 0.277 e. The number of benzene rings is 2. The Bertz CT molecular complexity index is 1070. The maximum absolute atomic E-state index is 12.9. The minimum Gasteiger partial charge on any atom is -0.382 e. The fourth-order valence-corrected chi connectivity index (χ4v) is 3.05. The largest absolute Gasteiger partial charge is 0.382 e. The van der Waals surface area contributed by atoms with Gasteiger partial charge in [0.05, 0.1) is 5.75 Å². The molecule has 1 amide bonds. The number of anilines is 2. The van der Waals surface area contributed by atoms with Gasteiger partial charge in [-0.1, -0.05) is 42.1 Å². The minimum absolute atomic E-state index is 0.0632. The van der Waals surface area contributed by atoms with E-state index in [0.29, 0.717) is 5.56 Å². The summed E-state index contributed by atoms with van der Waals surface area (Å²) in [5.41, 5.74) is 5.63. The molecule has 0 bridgehead atoms. The molecule has 1 aromatic heterocycles. The van der Waals surface area contributed by atoms with Gasteiger partial charge in [-0.05, 0) is 24.3 Å². The quantitative estimate of drug-likeness (QED) is 0.334. The van der Waals surface area contributed by atoms with Crippen LogP contribution < -0.4 is 16.6 Å². The van der Waals surface area contributed by atoms with Crippen molar-refractivity contribution in [3.63, 3.8) is 0 Å². The number of nitrogen functional groups attached to an aromatic ring is 1. The van der Waals surface area contributed by atoms with Crippen LogP contribution in [-0.2, 0) is 0 Å². The number of aromatic amines is 1. The molecule has 0 saturated heterocycles. The van der Waals surface area contributed by atoms with E-state index in [1.807, 2.05) is 6.07 Å². The number of halogens is 1. The summed E-state index contributed by atoms with van der Waals surface area (Å²) in [6.07, 6.45) is 0. The van der Waals surface area contributed by atoms with Gasteiger partial charge in [0.2, 0.25) is 0 Å². The second-order valence-corrected chi connectivity index (χ2v) is 6.63. The maximum atomic E-state index is 12.9. The SMILES string of the molecule is Nc1nc(SCC(=O)c2ccccc2)[nH]c(=O)c1NC(=O)c1ccc(F)cc1. The number of aromatic nitrogens is 2. The Morgan fingerprint density at radius 2 is 1.75 bits per heavy atom. The van der Waals surface area contributed by atoms with Gasteiger partial charge in [-0.3, -0.25) is 19.4 Å². The number of Topliss-reactive ketones (excluding diaryl/α,β-unsaturated/α-hetero) is 1. The molecule has 7 nitrogen and oxygen atoms in total. The van der Waals surface area contributed by atoms with Crippen molar-refractivity contribution < 1.29 is 14.0 Å². The number of amides is 1. The van der Waals surface area contributed by atoms with E-state index in [2.05, 4.69) is 15.3 Å². The fourth-order valence-electron chi connectivity index (χ4n) is 2.29. The average Bonchev–Trinajstić information content (AvgIpc) is 2.70. The van der Waals surface area contributed by atoms with Crippen LogP contribution in [0.5, 0.6) is 0 Å². The third-order valence-electron chi connectivity index (χ3n) is 3.71. The van der Waals surface area contributed by atoms with Gasteiger partial charge in [0.25, 0.3) is 11.5 Å². The van der Waals surface area contributed by atoms with Crippen molar-refractivity contribution in [1.29, 1.82) is 0 Å². The van der Waals surface area contributed by atoms with Crippen molar-refractivity contribution >= 4 is 35.0 Å². The summed E-state index contributed by atoms with van der Waals surface area (Å²) in [4.78, 5) is 43.0. The first kappa shape index (κ1) is 19.3. The second-order valence-electron chi connectivity index (χ2n) is 5.67. The molecule has 0 aliphatic rings. The molecule has 0 fully saturated rings. The Labute approximate surface area is 163 Å². The number of nitrogens with one attached hydrogen (secondary N) is 2. The van der Waals surface area contributed by atoms with Crippen molar-refractivity contribution in [2.45, 2.75) is 5.16 Å². The fraction of sp³-hybridized carbons (Fsp3) is 0.0526. The van der Waals surface area contributed by atoms with Crippen LogP contribution >= 0.6 is 11.8 Å². The lowest BCUT2D eigenvalue weighted by molar-refractivity contribution is 0.101. The molecule has 0 atom stereocenters. The Kier molecular flexibility index (Phi) is 5.85. The van der Waals surface area contributed by atoms with Crippen molar-refractivity contribution in [2.75, 3.05) is 16.8 Å². The van der Waals surface area contributed by atoms with Crippen LogP contribution in [0.2, 0.25) is 0 Å². The van der Waals surface area contributed by atoms with E-state index in [1.54, 1.807) is 24.3 Å². The molecule has 1 heterocycles. The van der Waals surface area contributed by atoms with E-state index in [1.165, 1.54) is 12.1 Å². The number of nitrogens with two attached hydrogens (primary N) is 1. The summed E-state index contributed by atoms with van der Waals surface area (Å²) in [7, 11) is 0. The highest BCUT2D eigenvalue weighted by Gasteiger charge is 2.15. The number of carbonyl (C=O) groups excluding carboxylic acids is 2. The molecule has 0 aliphatic carbocycles. The first-order valence-corrected chi connectivity index (χ1v) is 9.10. The van der Waals surface area contributed by atoms with Gasteiger partial charge in [-0.15, -0.1) is 0 Å². The van der Waals surface area contributed by atoms with E-state index in [9.17, 15) is 18.8 Å². The number of ketones is 1. The third kappa shape index (κ3) is 4.63. The number of H-pyrrole nitrogens is 1. The van der Waals surface area contributed by atoms with Crippen LogP contribution in [0, 0.1) is 5.82 Å². The monoisotopic (exact) mass is 398 g/mol. The van der Waals surface area contributed by atoms with Gasteiger partial charge in [0, 0.05) is 11.1 Å². The summed E-state index contributed by atoms with van der Waals surface area (Å²) >= 11 is 1.03. The lowest BCUT2D eigenvalue weighted by Gasteiger charge is -2.08. The average molecular weight is 398 g/mol. The van der Waals surface area contributed by atoms with Crippen LogP contribution in [0.15, 0.2) is 64.5 Å². The zero-order valence-electron chi connectivity index (χ0n) is 14.4. The minimum atomic E-state index is -0.655. The number of carbonyl (C=O) groups is 2. The van der Waals surface area contributed by atoms with Gasteiger partial charge in [-0.25, -0.2) is 9.37 Å². The molecule has 142 valence electrons. The van der Waals surface area contributed by atoms with E-state index in [0.717, 1.165) is 23.9 Å². The molecule has 28 heavy (non-hydrogen) atoms. The zero-order chi connectivity index (χ0) is 20.1. The standard InChI is InChI=1S/C19H15FN4O3S/c20-13-8-6-12(7-9-13)17(26)22-15-16(21)23-19(24-18(15)27)28-10-14(25)11-4-2-1-3-5-11/h1-9H,10H2,(H,22,26)(H3,21,23,24,27). The molecule has 4 N–H and O–H groups in total.